The zero-order valence-corrected chi connectivity index (χ0v) is 12.3. The fourth-order valence-corrected chi connectivity index (χ4v) is 2.97. The zero-order chi connectivity index (χ0) is 14.7. The van der Waals surface area contributed by atoms with Crippen molar-refractivity contribution in [1.82, 2.24) is 5.32 Å². The van der Waals surface area contributed by atoms with Crippen LogP contribution in [-0.2, 0) is 13.0 Å². The summed E-state index contributed by atoms with van der Waals surface area (Å²) in [6, 6.07) is 14.1. The number of benzene rings is 2. The highest BCUT2D eigenvalue weighted by atomic mass is 16.5. The molecule has 0 aliphatic heterocycles. The topological polar surface area (TPSA) is 41.5 Å². The van der Waals surface area contributed by atoms with Gasteiger partial charge in [0.05, 0.1) is 7.11 Å². The normalized spacial score (nSPS) is 17.3. The van der Waals surface area contributed by atoms with Crippen molar-refractivity contribution in [1.29, 1.82) is 0 Å². The minimum atomic E-state index is 0.312. The van der Waals surface area contributed by atoms with E-state index in [1.807, 2.05) is 18.2 Å². The maximum atomic E-state index is 9.33. The molecule has 3 nitrogen and oxygen atoms in total. The Hall–Kier alpha value is -2.00. The lowest BCUT2D eigenvalue weighted by atomic mass is 9.87. The minimum absolute atomic E-state index is 0.312. The monoisotopic (exact) mass is 283 g/mol. The summed E-state index contributed by atoms with van der Waals surface area (Å²) in [6.07, 6.45) is 3.52. The standard InChI is InChI=1S/C18H21NO2/c1-21-16-10-7-14-3-2-4-18(17(14)11-16)19-12-13-5-8-15(20)9-6-13/h5-11,18-20H,2-4,12H2,1H3. The Bertz CT molecular complexity index is 607. The van der Waals surface area contributed by atoms with Gasteiger partial charge >= 0.3 is 0 Å². The largest absolute Gasteiger partial charge is 0.508 e. The second kappa shape index (κ2) is 6.19. The third-order valence-corrected chi connectivity index (χ3v) is 4.16. The van der Waals surface area contributed by atoms with E-state index in [1.54, 1.807) is 19.2 Å². The van der Waals surface area contributed by atoms with Crippen LogP contribution in [0.4, 0.5) is 0 Å². The van der Waals surface area contributed by atoms with Crippen molar-refractivity contribution in [2.75, 3.05) is 7.11 Å². The summed E-state index contributed by atoms with van der Waals surface area (Å²) in [5.74, 6) is 1.23. The number of aromatic hydroxyl groups is 1. The molecule has 21 heavy (non-hydrogen) atoms. The first kappa shape index (κ1) is 14.0. The molecule has 1 unspecified atom stereocenters. The van der Waals surface area contributed by atoms with Crippen molar-refractivity contribution < 1.29 is 9.84 Å². The number of phenols is 1. The lowest BCUT2D eigenvalue weighted by Crippen LogP contribution is -2.24. The molecule has 1 aliphatic carbocycles. The van der Waals surface area contributed by atoms with Gasteiger partial charge in [0.15, 0.2) is 0 Å². The van der Waals surface area contributed by atoms with Gasteiger partial charge in [0, 0.05) is 12.6 Å². The molecular weight excluding hydrogens is 262 g/mol. The third-order valence-electron chi connectivity index (χ3n) is 4.16. The fraction of sp³-hybridized carbons (Fsp3) is 0.333. The van der Waals surface area contributed by atoms with Crippen LogP contribution in [0.5, 0.6) is 11.5 Å². The van der Waals surface area contributed by atoms with Crippen molar-refractivity contribution in [2.45, 2.75) is 31.8 Å². The van der Waals surface area contributed by atoms with Gasteiger partial charge in [0.25, 0.3) is 0 Å². The van der Waals surface area contributed by atoms with Gasteiger partial charge in [0.2, 0.25) is 0 Å². The van der Waals surface area contributed by atoms with Gasteiger partial charge in [-0.05, 0) is 60.2 Å². The number of aryl methyl sites for hydroxylation is 1. The number of rotatable bonds is 4. The Morgan fingerprint density at radius 1 is 1.19 bits per heavy atom. The number of ether oxygens (including phenoxy) is 1. The highest BCUT2D eigenvalue weighted by molar-refractivity contribution is 5.39. The van der Waals surface area contributed by atoms with Crippen LogP contribution in [0.2, 0.25) is 0 Å². The average molecular weight is 283 g/mol. The van der Waals surface area contributed by atoms with Gasteiger partial charge in [-0.3, -0.25) is 0 Å². The molecule has 1 atom stereocenters. The molecule has 0 saturated heterocycles. The van der Waals surface area contributed by atoms with E-state index in [2.05, 4.69) is 17.4 Å². The first-order chi connectivity index (χ1) is 10.3. The van der Waals surface area contributed by atoms with Crippen LogP contribution in [0.1, 0.15) is 35.6 Å². The second-order valence-corrected chi connectivity index (χ2v) is 5.56. The summed E-state index contributed by atoms with van der Waals surface area (Å²) in [6.45, 7) is 0.807. The van der Waals surface area contributed by atoms with E-state index in [0.29, 0.717) is 11.8 Å². The summed E-state index contributed by atoms with van der Waals surface area (Å²) in [7, 11) is 1.71. The van der Waals surface area contributed by atoms with Crippen LogP contribution in [0.25, 0.3) is 0 Å². The molecule has 0 bridgehead atoms. The molecule has 3 heteroatoms. The van der Waals surface area contributed by atoms with E-state index in [4.69, 9.17) is 4.74 Å². The Balaban J connectivity index is 1.73. The summed E-state index contributed by atoms with van der Waals surface area (Å²) < 4.78 is 5.35. The molecule has 0 amide bonds. The number of hydrogen-bond donors (Lipinski definition) is 2. The van der Waals surface area contributed by atoms with E-state index in [0.717, 1.165) is 25.1 Å². The molecule has 110 valence electrons. The summed E-state index contributed by atoms with van der Waals surface area (Å²) in [5, 5.41) is 13.0. The molecule has 0 heterocycles. The van der Waals surface area contributed by atoms with Gasteiger partial charge in [-0.25, -0.2) is 0 Å². The highest BCUT2D eigenvalue weighted by Gasteiger charge is 2.20. The van der Waals surface area contributed by atoms with Crippen LogP contribution in [-0.4, -0.2) is 12.2 Å². The molecule has 3 rings (SSSR count). The zero-order valence-electron chi connectivity index (χ0n) is 12.3. The molecular formula is C18H21NO2. The summed E-state index contributed by atoms with van der Waals surface area (Å²) in [5.41, 5.74) is 3.97. The average Bonchev–Trinajstić information content (AvgIpc) is 2.54. The number of fused-ring (bicyclic) bond motifs is 1. The predicted octanol–water partition coefficient (Wildman–Crippen LogP) is 3.57. The molecule has 1 aliphatic rings. The maximum absolute atomic E-state index is 9.33. The van der Waals surface area contributed by atoms with Crippen molar-refractivity contribution >= 4 is 0 Å². The van der Waals surface area contributed by atoms with E-state index in [9.17, 15) is 5.11 Å². The van der Waals surface area contributed by atoms with Crippen LogP contribution < -0.4 is 10.1 Å². The van der Waals surface area contributed by atoms with Crippen LogP contribution >= 0.6 is 0 Å². The van der Waals surface area contributed by atoms with E-state index >= 15 is 0 Å². The number of nitrogens with one attached hydrogen (secondary N) is 1. The van der Waals surface area contributed by atoms with Crippen molar-refractivity contribution in [3.8, 4) is 11.5 Å². The summed E-state index contributed by atoms with van der Waals surface area (Å²) >= 11 is 0. The molecule has 2 N–H and O–H groups in total. The maximum Gasteiger partial charge on any atom is 0.119 e. The Morgan fingerprint density at radius 2 is 2.00 bits per heavy atom. The minimum Gasteiger partial charge on any atom is -0.508 e. The van der Waals surface area contributed by atoms with Gasteiger partial charge in [-0.15, -0.1) is 0 Å². The van der Waals surface area contributed by atoms with Gasteiger partial charge < -0.3 is 15.2 Å². The van der Waals surface area contributed by atoms with Gasteiger partial charge in [0.1, 0.15) is 11.5 Å². The second-order valence-electron chi connectivity index (χ2n) is 5.56. The van der Waals surface area contributed by atoms with E-state index in [-0.39, 0.29) is 0 Å². The van der Waals surface area contributed by atoms with E-state index in [1.165, 1.54) is 23.1 Å². The summed E-state index contributed by atoms with van der Waals surface area (Å²) in [4.78, 5) is 0. The van der Waals surface area contributed by atoms with Gasteiger partial charge in [-0.2, -0.15) is 0 Å². The molecule has 0 aromatic heterocycles. The Kier molecular flexibility index (Phi) is 4.11. The van der Waals surface area contributed by atoms with E-state index < -0.39 is 0 Å². The molecule has 0 fully saturated rings. The van der Waals surface area contributed by atoms with Gasteiger partial charge in [-0.1, -0.05) is 18.2 Å². The lowest BCUT2D eigenvalue weighted by molar-refractivity contribution is 0.408. The predicted molar refractivity (Wildman–Crippen MR) is 83.6 cm³/mol. The molecule has 0 radical (unpaired) electrons. The third kappa shape index (κ3) is 3.19. The van der Waals surface area contributed by atoms with Crippen LogP contribution in [0, 0.1) is 0 Å². The van der Waals surface area contributed by atoms with Crippen LogP contribution in [0.3, 0.4) is 0 Å². The molecule has 2 aromatic carbocycles. The molecule has 2 aromatic rings. The number of hydrogen-bond acceptors (Lipinski definition) is 3. The smallest absolute Gasteiger partial charge is 0.119 e. The van der Waals surface area contributed by atoms with Crippen molar-refractivity contribution in [2.24, 2.45) is 0 Å². The number of methoxy groups -OCH3 is 1. The molecule has 0 saturated carbocycles. The van der Waals surface area contributed by atoms with Crippen molar-refractivity contribution in [3.05, 3.63) is 59.2 Å². The first-order valence-electron chi connectivity index (χ1n) is 7.44. The lowest BCUT2D eigenvalue weighted by Gasteiger charge is -2.27. The molecule has 0 spiro atoms. The first-order valence-corrected chi connectivity index (χ1v) is 7.44. The quantitative estimate of drug-likeness (QED) is 0.901. The number of phenolic OH excluding ortho intramolecular Hbond substituents is 1. The fourth-order valence-electron chi connectivity index (χ4n) is 2.97. The van der Waals surface area contributed by atoms with Crippen LogP contribution in [0.15, 0.2) is 42.5 Å². The Morgan fingerprint density at radius 3 is 2.76 bits per heavy atom. The Labute approximate surface area is 125 Å². The van der Waals surface area contributed by atoms with Crippen molar-refractivity contribution in [3.63, 3.8) is 0 Å². The highest BCUT2D eigenvalue weighted by Crippen LogP contribution is 2.32. The SMILES string of the molecule is COc1ccc2c(c1)C(NCc1ccc(O)cc1)CCC2.